The molecule has 0 fully saturated rings. The number of hydrogen-bond donors (Lipinski definition) is 2. The second-order valence-electron chi connectivity index (χ2n) is 6.06. The SMILES string of the molecule is Cc1ccc(C)c(NC(=O)N[C@H]2CCCc3ccccc32)c1. The van der Waals surface area contributed by atoms with Gasteiger partial charge in [-0.05, 0) is 61.4 Å². The Morgan fingerprint density at radius 1 is 1.14 bits per heavy atom. The van der Waals surface area contributed by atoms with E-state index in [9.17, 15) is 4.79 Å². The number of carbonyl (C=O) groups is 1. The van der Waals surface area contributed by atoms with E-state index in [1.54, 1.807) is 0 Å². The van der Waals surface area contributed by atoms with E-state index in [1.807, 2.05) is 32.0 Å². The molecule has 0 spiro atoms. The summed E-state index contributed by atoms with van der Waals surface area (Å²) >= 11 is 0. The van der Waals surface area contributed by atoms with E-state index in [1.165, 1.54) is 11.1 Å². The Hall–Kier alpha value is -2.29. The normalized spacial score (nSPS) is 16.7. The molecule has 114 valence electrons. The van der Waals surface area contributed by atoms with Gasteiger partial charge in [-0.25, -0.2) is 4.79 Å². The van der Waals surface area contributed by atoms with Gasteiger partial charge in [-0.15, -0.1) is 0 Å². The minimum Gasteiger partial charge on any atom is -0.331 e. The lowest BCUT2D eigenvalue weighted by atomic mass is 9.88. The van der Waals surface area contributed by atoms with Crippen molar-refractivity contribution in [3.63, 3.8) is 0 Å². The van der Waals surface area contributed by atoms with Crippen molar-refractivity contribution in [1.29, 1.82) is 0 Å². The number of benzene rings is 2. The molecule has 3 nitrogen and oxygen atoms in total. The first kappa shape index (κ1) is 14.6. The number of anilines is 1. The van der Waals surface area contributed by atoms with Gasteiger partial charge in [0.05, 0.1) is 6.04 Å². The maximum atomic E-state index is 12.3. The number of hydrogen-bond acceptors (Lipinski definition) is 1. The minimum absolute atomic E-state index is 0.107. The van der Waals surface area contributed by atoms with E-state index < -0.39 is 0 Å². The van der Waals surface area contributed by atoms with Gasteiger partial charge < -0.3 is 10.6 Å². The first-order valence-electron chi connectivity index (χ1n) is 7.86. The van der Waals surface area contributed by atoms with Crippen LogP contribution in [-0.4, -0.2) is 6.03 Å². The molecule has 2 aromatic rings. The van der Waals surface area contributed by atoms with Crippen LogP contribution >= 0.6 is 0 Å². The molecule has 2 amide bonds. The van der Waals surface area contributed by atoms with Crippen molar-refractivity contribution < 1.29 is 4.79 Å². The van der Waals surface area contributed by atoms with E-state index in [4.69, 9.17) is 0 Å². The summed E-state index contributed by atoms with van der Waals surface area (Å²) in [7, 11) is 0. The van der Waals surface area contributed by atoms with Crippen molar-refractivity contribution in [2.45, 2.75) is 39.2 Å². The molecule has 3 heteroatoms. The third-order valence-electron chi connectivity index (χ3n) is 4.32. The summed E-state index contributed by atoms with van der Waals surface area (Å²) < 4.78 is 0. The van der Waals surface area contributed by atoms with Crippen LogP contribution in [0.1, 0.15) is 41.1 Å². The van der Waals surface area contributed by atoms with Gasteiger partial charge in [-0.1, -0.05) is 36.4 Å². The highest BCUT2D eigenvalue weighted by atomic mass is 16.2. The Labute approximate surface area is 131 Å². The lowest BCUT2D eigenvalue weighted by Gasteiger charge is -2.26. The molecule has 0 bridgehead atoms. The quantitative estimate of drug-likeness (QED) is 0.841. The van der Waals surface area contributed by atoms with Crippen LogP contribution in [0.5, 0.6) is 0 Å². The van der Waals surface area contributed by atoms with Crippen LogP contribution in [0.2, 0.25) is 0 Å². The number of carbonyl (C=O) groups excluding carboxylic acids is 1. The average Bonchev–Trinajstić information content (AvgIpc) is 2.51. The molecule has 0 unspecified atom stereocenters. The summed E-state index contributed by atoms with van der Waals surface area (Å²) in [5, 5.41) is 6.10. The number of nitrogens with one attached hydrogen (secondary N) is 2. The maximum Gasteiger partial charge on any atom is 0.319 e. The fourth-order valence-corrected chi connectivity index (χ4v) is 3.09. The monoisotopic (exact) mass is 294 g/mol. The average molecular weight is 294 g/mol. The van der Waals surface area contributed by atoms with Gasteiger partial charge in [0.15, 0.2) is 0 Å². The topological polar surface area (TPSA) is 41.1 Å². The molecule has 0 heterocycles. The van der Waals surface area contributed by atoms with E-state index in [2.05, 4.69) is 34.9 Å². The first-order valence-corrected chi connectivity index (χ1v) is 7.86. The van der Waals surface area contributed by atoms with Crippen molar-refractivity contribution in [3.8, 4) is 0 Å². The Kier molecular flexibility index (Phi) is 4.14. The van der Waals surface area contributed by atoms with E-state index in [0.29, 0.717) is 0 Å². The largest absolute Gasteiger partial charge is 0.331 e. The molecule has 1 aliphatic rings. The van der Waals surface area contributed by atoms with Gasteiger partial charge in [0.25, 0.3) is 0 Å². The summed E-state index contributed by atoms with van der Waals surface area (Å²) in [6.45, 7) is 4.03. The summed E-state index contributed by atoms with van der Waals surface area (Å²) in [5.74, 6) is 0. The highest BCUT2D eigenvalue weighted by Gasteiger charge is 2.21. The second-order valence-corrected chi connectivity index (χ2v) is 6.06. The van der Waals surface area contributed by atoms with E-state index in [-0.39, 0.29) is 12.1 Å². The van der Waals surface area contributed by atoms with Crippen LogP contribution in [0.15, 0.2) is 42.5 Å². The Morgan fingerprint density at radius 3 is 2.82 bits per heavy atom. The van der Waals surface area contributed by atoms with Gasteiger partial charge in [0, 0.05) is 5.69 Å². The zero-order chi connectivity index (χ0) is 15.5. The highest BCUT2D eigenvalue weighted by molar-refractivity contribution is 5.90. The number of urea groups is 1. The van der Waals surface area contributed by atoms with E-state index >= 15 is 0 Å². The van der Waals surface area contributed by atoms with Gasteiger partial charge in [-0.3, -0.25) is 0 Å². The second kappa shape index (κ2) is 6.22. The molecular formula is C19H22N2O. The van der Waals surface area contributed by atoms with Crippen molar-refractivity contribution in [2.24, 2.45) is 0 Å². The standard InChI is InChI=1S/C19H22N2O/c1-13-10-11-14(2)18(12-13)21-19(22)20-17-9-5-7-15-6-3-4-8-16(15)17/h3-4,6,8,10-12,17H,5,7,9H2,1-2H3,(H2,20,21,22)/t17-/m0/s1. The molecule has 0 radical (unpaired) electrons. The first-order chi connectivity index (χ1) is 10.6. The van der Waals surface area contributed by atoms with Crippen molar-refractivity contribution in [1.82, 2.24) is 5.32 Å². The van der Waals surface area contributed by atoms with Gasteiger partial charge in [0.2, 0.25) is 0 Å². The predicted octanol–water partition coefficient (Wildman–Crippen LogP) is 4.50. The summed E-state index contributed by atoms with van der Waals surface area (Å²) in [6, 6.07) is 14.5. The van der Waals surface area contributed by atoms with Crippen molar-refractivity contribution in [3.05, 3.63) is 64.7 Å². The van der Waals surface area contributed by atoms with Crippen LogP contribution < -0.4 is 10.6 Å². The fourth-order valence-electron chi connectivity index (χ4n) is 3.09. The third-order valence-corrected chi connectivity index (χ3v) is 4.32. The van der Waals surface area contributed by atoms with Crippen LogP contribution in [0, 0.1) is 13.8 Å². The van der Waals surface area contributed by atoms with Gasteiger partial charge in [0.1, 0.15) is 0 Å². The Bertz CT molecular complexity index is 694. The molecule has 0 saturated carbocycles. The molecule has 3 rings (SSSR count). The minimum atomic E-state index is -0.129. The smallest absolute Gasteiger partial charge is 0.319 e. The number of rotatable bonds is 2. The maximum absolute atomic E-state index is 12.3. The van der Waals surface area contributed by atoms with Crippen LogP contribution in [0.4, 0.5) is 10.5 Å². The van der Waals surface area contributed by atoms with Crippen molar-refractivity contribution >= 4 is 11.7 Å². The highest BCUT2D eigenvalue weighted by Crippen LogP contribution is 2.29. The number of fused-ring (bicyclic) bond motifs is 1. The molecule has 22 heavy (non-hydrogen) atoms. The zero-order valence-electron chi connectivity index (χ0n) is 13.1. The predicted molar refractivity (Wildman–Crippen MR) is 90.2 cm³/mol. The summed E-state index contributed by atoms with van der Waals surface area (Å²) in [5.41, 5.74) is 5.70. The van der Waals surface area contributed by atoms with Crippen LogP contribution in [-0.2, 0) is 6.42 Å². The Balaban J connectivity index is 1.72. The Morgan fingerprint density at radius 2 is 1.95 bits per heavy atom. The molecule has 0 aliphatic heterocycles. The summed E-state index contributed by atoms with van der Waals surface area (Å²) in [4.78, 5) is 12.3. The molecule has 0 aromatic heterocycles. The molecule has 0 saturated heterocycles. The molecule has 2 N–H and O–H groups in total. The molecule has 1 atom stereocenters. The van der Waals surface area contributed by atoms with Gasteiger partial charge >= 0.3 is 6.03 Å². The molecular weight excluding hydrogens is 272 g/mol. The fraction of sp³-hybridized carbons (Fsp3) is 0.316. The molecule has 2 aromatic carbocycles. The zero-order valence-corrected chi connectivity index (χ0v) is 13.1. The lowest BCUT2D eigenvalue weighted by molar-refractivity contribution is 0.247. The number of amides is 2. The van der Waals surface area contributed by atoms with Crippen LogP contribution in [0.3, 0.4) is 0 Å². The summed E-state index contributed by atoms with van der Waals surface area (Å²) in [6.07, 6.45) is 3.22. The third kappa shape index (κ3) is 3.14. The van der Waals surface area contributed by atoms with Crippen molar-refractivity contribution in [2.75, 3.05) is 5.32 Å². The van der Waals surface area contributed by atoms with Crippen LogP contribution in [0.25, 0.3) is 0 Å². The van der Waals surface area contributed by atoms with Gasteiger partial charge in [-0.2, -0.15) is 0 Å². The van der Waals surface area contributed by atoms with E-state index in [0.717, 1.165) is 36.1 Å². The molecule has 1 aliphatic carbocycles. The lowest BCUT2D eigenvalue weighted by Crippen LogP contribution is -2.34. The number of aryl methyl sites for hydroxylation is 3.